The minimum absolute atomic E-state index is 0.145. The molecule has 0 bridgehead atoms. The second kappa shape index (κ2) is 15.5. The van der Waals surface area contributed by atoms with E-state index in [4.69, 9.17) is 4.74 Å². The molecule has 0 aliphatic carbocycles. The summed E-state index contributed by atoms with van der Waals surface area (Å²) in [7, 11) is 3.49. The maximum Gasteiger partial charge on any atom is 0.306 e. The Labute approximate surface area is 233 Å². The molecule has 1 N–H and O–H groups in total. The van der Waals surface area contributed by atoms with Crippen molar-refractivity contribution in [1.82, 2.24) is 34.2 Å². The number of methoxy groups -OCH3 is 1. The number of aromatic amines is 1. The van der Waals surface area contributed by atoms with Crippen molar-refractivity contribution in [2.45, 2.75) is 64.7 Å². The number of nitrogens with zero attached hydrogens (tertiary/aromatic N) is 6. The number of hydrogen-bond acceptors (Lipinski definition) is 7. The van der Waals surface area contributed by atoms with E-state index in [0.717, 1.165) is 57.3 Å². The Bertz CT molecular complexity index is 1090. The van der Waals surface area contributed by atoms with Crippen molar-refractivity contribution in [2.24, 2.45) is 7.05 Å². The van der Waals surface area contributed by atoms with E-state index in [1.165, 1.54) is 63.6 Å². The molecule has 0 radical (unpaired) electrons. The summed E-state index contributed by atoms with van der Waals surface area (Å²) < 4.78 is 6.96. The van der Waals surface area contributed by atoms with Crippen LogP contribution in [0.3, 0.4) is 0 Å². The first-order chi connectivity index (χ1) is 19.1. The third-order valence-electron chi connectivity index (χ3n) is 7.56. The third kappa shape index (κ3) is 9.91. The van der Waals surface area contributed by atoms with E-state index in [9.17, 15) is 4.79 Å². The predicted molar refractivity (Wildman–Crippen MR) is 153 cm³/mol. The fraction of sp³-hybridized carbons (Fsp3) is 0.567. The van der Waals surface area contributed by atoms with Crippen LogP contribution in [0.25, 0.3) is 0 Å². The van der Waals surface area contributed by atoms with E-state index in [2.05, 4.69) is 58.5 Å². The molecular formula is C30H45N7O2. The number of nitrogens with one attached hydrogen (secondary N) is 1. The number of piperidine rings is 1. The van der Waals surface area contributed by atoms with Crippen LogP contribution in [0.2, 0.25) is 0 Å². The van der Waals surface area contributed by atoms with Crippen molar-refractivity contribution in [3.05, 3.63) is 71.8 Å². The zero-order chi connectivity index (χ0) is 27.3. The van der Waals surface area contributed by atoms with Crippen LogP contribution in [0.4, 0.5) is 0 Å². The zero-order valence-corrected chi connectivity index (χ0v) is 23.7. The molecule has 0 atom stereocenters. The summed E-state index contributed by atoms with van der Waals surface area (Å²) in [5.74, 6) is 1.83. The Morgan fingerprint density at radius 3 is 2.31 bits per heavy atom. The normalized spacial score (nSPS) is 14.4. The number of H-pyrrole nitrogens is 1. The Morgan fingerprint density at radius 1 is 0.923 bits per heavy atom. The van der Waals surface area contributed by atoms with Gasteiger partial charge in [0.05, 0.1) is 26.6 Å². The summed E-state index contributed by atoms with van der Waals surface area (Å²) in [6.07, 6.45) is 14.3. The van der Waals surface area contributed by atoms with E-state index in [-0.39, 0.29) is 5.97 Å². The van der Waals surface area contributed by atoms with Gasteiger partial charge in [0.1, 0.15) is 11.6 Å². The number of benzene rings is 1. The van der Waals surface area contributed by atoms with Crippen molar-refractivity contribution in [3.63, 3.8) is 0 Å². The van der Waals surface area contributed by atoms with Crippen LogP contribution >= 0.6 is 0 Å². The van der Waals surface area contributed by atoms with Gasteiger partial charge in [0.15, 0.2) is 0 Å². The summed E-state index contributed by atoms with van der Waals surface area (Å²) in [6.45, 7) is 8.50. The molecule has 0 spiro atoms. The maximum atomic E-state index is 11.8. The number of rotatable bonds is 16. The molecule has 3 aromatic rings. The van der Waals surface area contributed by atoms with Crippen molar-refractivity contribution < 1.29 is 9.53 Å². The van der Waals surface area contributed by atoms with Crippen LogP contribution in [0.1, 0.15) is 61.3 Å². The molecule has 4 rings (SSSR count). The van der Waals surface area contributed by atoms with Gasteiger partial charge >= 0.3 is 5.97 Å². The van der Waals surface area contributed by atoms with Gasteiger partial charge in [0.25, 0.3) is 0 Å². The number of esters is 1. The maximum absolute atomic E-state index is 11.8. The van der Waals surface area contributed by atoms with E-state index in [1.54, 1.807) is 6.20 Å². The average Bonchev–Trinajstić information content (AvgIpc) is 3.62. The third-order valence-corrected chi connectivity index (χ3v) is 7.56. The highest BCUT2D eigenvalue weighted by molar-refractivity contribution is 5.69. The van der Waals surface area contributed by atoms with Crippen LogP contribution in [-0.2, 0) is 42.8 Å². The summed E-state index contributed by atoms with van der Waals surface area (Å²) in [6, 6.07) is 8.88. The quantitative estimate of drug-likeness (QED) is 0.219. The highest BCUT2D eigenvalue weighted by Crippen LogP contribution is 2.15. The van der Waals surface area contributed by atoms with Crippen LogP contribution in [0.15, 0.2) is 49.1 Å². The molecule has 9 heteroatoms. The summed E-state index contributed by atoms with van der Waals surface area (Å²) in [5, 5.41) is 0. The van der Waals surface area contributed by atoms with Crippen LogP contribution in [0, 0.1) is 0 Å². The number of ether oxygens (including phenoxy) is 1. The van der Waals surface area contributed by atoms with Crippen molar-refractivity contribution in [1.29, 1.82) is 0 Å². The average molecular weight is 536 g/mol. The summed E-state index contributed by atoms with van der Waals surface area (Å²) in [5.41, 5.74) is 2.52. The summed E-state index contributed by atoms with van der Waals surface area (Å²) in [4.78, 5) is 31.3. The lowest BCUT2D eigenvalue weighted by atomic mass is 10.1. The van der Waals surface area contributed by atoms with Crippen LogP contribution in [-0.4, -0.2) is 80.0 Å². The van der Waals surface area contributed by atoms with E-state index in [0.29, 0.717) is 6.42 Å². The van der Waals surface area contributed by atoms with Gasteiger partial charge in [-0.1, -0.05) is 30.7 Å². The lowest BCUT2D eigenvalue weighted by Crippen LogP contribution is -2.32. The predicted octanol–water partition coefficient (Wildman–Crippen LogP) is 3.98. The molecule has 0 saturated carbocycles. The molecular weight excluding hydrogens is 490 g/mol. The number of aromatic nitrogens is 4. The minimum Gasteiger partial charge on any atom is -0.469 e. The number of carbonyl (C=O) groups is 1. The number of likely N-dealkylation sites (tertiary alicyclic amines) is 1. The van der Waals surface area contributed by atoms with E-state index < -0.39 is 0 Å². The smallest absolute Gasteiger partial charge is 0.306 e. The first-order valence-corrected chi connectivity index (χ1v) is 14.3. The van der Waals surface area contributed by atoms with Crippen molar-refractivity contribution >= 4 is 5.97 Å². The van der Waals surface area contributed by atoms with Gasteiger partial charge in [-0.15, -0.1) is 0 Å². The topological polar surface area (TPSA) is 82.5 Å². The number of imidazole rings is 2. The van der Waals surface area contributed by atoms with Gasteiger partial charge in [-0.2, -0.15) is 0 Å². The Morgan fingerprint density at radius 2 is 1.67 bits per heavy atom. The van der Waals surface area contributed by atoms with Gasteiger partial charge in [-0.25, -0.2) is 9.97 Å². The standard InChI is InChI=1S/C30H45N7O2/c1-34-21-15-33-29(34)25-37(24-28-31-13-14-32-28)23-27-10-8-26(9-11-27)22-36(20-12-30(38)39-2)19-7-6-18-35-16-4-3-5-17-35/h8-11,13-15,21H,3-7,12,16-20,22-25H2,1-2H3,(H,31,32). The number of hydrogen-bond donors (Lipinski definition) is 1. The van der Waals surface area contributed by atoms with Gasteiger partial charge in [-0.3, -0.25) is 14.6 Å². The fourth-order valence-corrected chi connectivity index (χ4v) is 5.25. The van der Waals surface area contributed by atoms with Crippen molar-refractivity contribution in [2.75, 3.05) is 39.8 Å². The number of aryl methyl sites for hydroxylation is 1. The van der Waals surface area contributed by atoms with Gasteiger partial charge in [-0.05, 0) is 63.0 Å². The SMILES string of the molecule is COC(=O)CCN(CCCCN1CCCCC1)Cc1ccc(CN(Cc2ncc[nH]2)Cc2nccn2C)cc1. The largest absolute Gasteiger partial charge is 0.469 e. The lowest BCUT2D eigenvalue weighted by Gasteiger charge is -2.27. The zero-order valence-electron chi connectivity index (χ0n) is 23.7. The molecule has 0 unspecified atom stereocenters. The van der Waals surface area contributed by atoms with Gasteiger partial charge < -0.3 is 19.2 Å². The molecule has 3 heterocycles. The second-order valence-electron chi connectivity index (χ2n) is 10.7. The molecule has 9 nitrogen and oxygen atoms in total. The second-order valence-corrected chi connectivity index (χ2v) is 10.7. The van der Waals surface area contributed by atoms with Crippen molar-refractivity contribution in [3.8, 4) is 0 Å². The molecule has 1 fully saturated rings. The molecule has 1 aliphatic heterocycles. The van der Waals surface area contributed by atoms with Crippen LogP contribution in [0.5, 0.6) is 0 Å². The number of unbranched alkanes of at least 4 members (excludes halogenated alkanes) is 1. The van der Waals surface area contributed by atoms with Gasteiger partial charge in [0, 0.05) is 51.5 Å². The van der Waals surface area contributed by atoms with E-state index >= 15 is 0 Å². The number of carbonyl (C=O) groups excluding carboxylic acids is 1. The van der Waals surface area contributed by atoms with E-state index in [1.807, 2.05) is 25.6 Å². The minimum atomic E-state index is -0.145. The Hall–Kier alpha value is -3.01. The molecule has 1 saturated heterocycles. The molecule has 212 valence electrons. The summed E-state index contributed by atoms with van der Waals surface area (Å²) >= 11 is 0. The molecule has 1 aromatic carbocycles. The fourth-order valence-electron chi connectivity index (χ4n) is 5.25. The Balaban J connectivity index is 1.32. The Kier molecular flexibility index (Phi) is 11.6. The highest BCUT2D eigenvalue weighted by atomic mass is 16.5. The van der Waals surface area contributed by atoms with Crippen LogP contribution < -0.4 is 0 Å². The first kappa shape index (κ1) is 29.0. The molecule has 2 aromatic heterocycles. The van der Waals surface area contributed by atoms with Gasteiger partial charge in [0.2, 0.25) is 0 Å². The monoisotopic (exact) mass is 535 g/mol. The molecule has 0 amide bonds. The highest BCUT2D eigenvalue weighted by Gasteiger charge is 2.14. The lowest BCUT2D eigenvalue weighted by molar-refractivity contribution is -0.141. The first-order valence-electron chi connectivity index (χ1n) is 14.3. The molecule has 39 heavy (non-hydrogen) atoms. The molecule has 1 aliphatic rings.